The SMILES string of the molecule is CCn1cnnc1CCNC(=O)Nc1c(C)cnn1Cc1cccc(F)c1. The van der Waals surface area contributed by atoms with Crippen molar-refractivity contribution < 1.29 is 9.18 Å². The smallest absolute Gasteiger partial charge is 0.320 e. The summed E-state index contributed by atoms with van der Waals surface area (Å²) in [7, 11) is 0. The first-order valence-electron chi connectivity index (χ1n) is 8.75. The molecule has 3 rings (SSSR count). The molecule has 0 unspecified atom stereocenters. The van der Waals surface area contributed by atoms with Crippen LogP contribution in [-0.4, -0.2) is 37.1 Å². The number of benzene rings is 1. The monoisotopic (exact) mass is 371 g/mol. The van der Waals surface area contributed by atoms with Gasteiger partial charge in [-0.3, -0.25) is 5.32 Å². The highest BCUT2D eigenvalue weighted by Crippen LogP contribution is 2.16. The molecule has 0 aliphatic rings. The summed E-state index contributed by atoms with van der Waals surface area (Å²) in [4.78, 5) is 12.2. The molecule has 2 aromatic heterocycles. The number of nitrogens with one attached hydrogen (secondary N) is 2. The van der Waals surface area contributed by atoms with E-state index in [-0.39, 0.29) is 11.8 Å². The van der Waals surface area contributed by atoms with Gasteiger partial charge in [-0.1, -0.05) is 12.1 Å². The molecule has 2 N–H and O–H groups in total. The second kappa shape index (κ2) is 8.43. The fourth-order valence-electron chi connectivity index (χ4n) is 2.75. The molecule has 0 saturated carbocycles. The average molecular weight is 371 g/mol. The second-order valence-electron chi connectivity index (χ2n) is 6.13. The molecule has 0 radical (unpaired) electrons. The van der Waals surface area contributed by atoms with Crippen LogP contribution in [0, 0.1) is 12.7 Å². The molecule has 2 amide bonds. The van der Waals surface area contributed by atoms with E-state index in [4.69, 9.17) is 0 Å². The van der Waals surface area contributed by atoms with Crippen molar-refractivity contribution in [1.82, 2.24) is 29.9 Å². The Morgan fingerprint density at radius 3 is 2.96 bits per heavy atom. The minimum absolute atomic E-state index is 0.302. The number of carbonyl (C=O) groups is 1. The van der Waals surface area contributed by atoms with Crippen molar-refractivity contribution in [1.29, 1.82) is 0 Å². The van der Waals surface area contributed by atoms with Gasteiger partial charge in [-0.15, -0.1) is 10.2 Å². The maximum absolute atomic E-state index is 13.4. The molecule has 3 aromatic rings. The van der Waals surface area contributed by atoms with E-state index in [0.29, 0.717) is 25.3 Å². The van der Waals surface area contributed by atoms with Crippen molar-refractivity contribution in [2.75, 3.05) is 11.9 Å². The van der Waals surface area contributed by atoms with Crippen molar-refractivity contribution in [3.8, 4) is 0 Å². The van der Waals surface area contributed by atoms with Crippen LogP contribution in [0.4, 0.5) is 15.0 Å². The van der Waals surface area contributed by atoms with E-state index in [2.05, 4.69) is 25.9 Å². The third kappa shape index (κ3) is 4.69. The van der Waals surface area contributed by atoms with Crippen LogP contribution in [0.1, 0.15) is 23.9 Å². The molecule has 0 aliphatic heterocycles. The molecular formula is C18H22FN7O. The molecule has 9 heteroatoms. The first kappa shape index (κ1) is 18.6. The van der Waals surface area contributed by atoms with Crippen LogP contribution in [0.25, 0.3) is 0 Å². The summed E-state index contributed by atoms with van der Waals surface area (Å²) in [5.74, 6) is 1.10. The molecular weight excluding hydrogens is 349 g/mol. The summed E-state index contributed by atoms with van der Waals surface area (Å²) in [6, 6.07) is 5.97. The summed E-state index contributed by atoms with van der Waals surface area (Å²) in [5.41, 5.74) is 1.59. The number of aromatic nitrogens is 5. The van der Waals surface area contributed by atoms with Crippen LogP contribution >= 0.6 is 0 Å². The summed E-state index contributed by atoms with van der Waals surface area (Å²) < 4.78 is 16.9. The third-order valence-electron chi connectivity index (χ3n) is 4.15. The molecule has 142 valence electrons. The number of rotatable bonds is 7. The number of nitrogens with zero attached hydrogens (tertiary/aromatic N) is 5. The Balaban J connectivity index is 1.58. The van der Waals surface area contributed by atoms with Crippen molar-refractivity contribution in [2.45, 2.75) is 33.4 Å². The van der Waals surface area contributed by atoms with E-state index < -0.39 is 0 Å². The summed E-state index contributed by atoms with van der Waals surface area (Å²) in [6.07, 6.45) is 3.92. The molecule has 0 spiro atoms. The van der Waals surface area contributed by atoms with E-state index in [9.17, 15) is 9.18 Å². The largest absolute Gasteiger partial charge is 0.337 e. The number of aryl methyl sites for hydroxylation is 2. The van der Waals surface area contributed by atoms with Gasteiger partial charge in [0.1, 0.15) is 23.8 Å². The zero-order chi connectivity index (χ0) is 19.2. The molecule has 2 heterocycles. The molecule has 0 atom stereocenters. The molecule has 0 bridgehead atoms. The number of halogens is 1. The van der Waals surface area contributed by atoms with E-state index in [1.165, 1.54) is 12.1 Å². The van der Waals surface area contributed by atoms with Crippen molar-refractivity contribution >= 4 is 11.8 Å². The fourth-order valence-corrected chi connectivity index (χ4v) is 2.75. The molecule has 8 nitrogen and oxygen atoms in total. The van der Waals surface area contributed by atoms with Gasteiger partial charge in [-0.2, -0.15) is 5.10 Å². The Morgan fingerprint density at radius 1 is 1.33 bits per heavy atom. The summed E-state index contributed by atoms with van der Waals surface area (Å²) in [6.45, 7) is 5.44. The van der Waals surface area contributed by atoms with Gasteiger partial charge in [0.05, 0.1) is 12.7 Å². The molecule has 0 aliphatic carbocycles. The van der Waals surface area contributed by atoms with Crippen molar-refractivity contribution in [3.05, 3.63) is 59.6 Å². The minimum Gasteiger partial charge on any atom is -0.337 e. The topological polar surface area (TPSA) is 89.7 Å². The van der Waals surface area contributed by atoms with Crippen LogP contribution in [0.5, 0.6) is 0 Å². The number of hydrogen-bond donors (Lipinski definition) is 2. The maximum atomic E-state index is 13.4. The number of amides is 2. The molecule has 1 aromatic carbocycles. The highest BCUT2D eigenvalue weighted by Gasteiger charge is 2.12. The predicted molar refractivity (Wildman–Crippen MR) is 98.9 cm³/mol. The zero-order valence-corrected chi connectivity index (χ0v) is 15.3. The van der Waals surface area contributed by atoms with E-state index in [1.807, 2.05) is 24.5 Å². The van der Waals surface area contributed by atoms with Gasteiger partial charge in [0.15, 0.2) is 0 Å². The Kier molecular flexibility index (Phi) is 5.80. The third-order valence-corrected chi connectivity index (χ3v) is 4.15. The Morgan fingerprint density at radius 2 is 2.19 bits per heavy atom. The summed E-state index contributed by atoms with van der Waals surface area (Å²) in [5, 5.41) is 17.8. The molecule has 0 fully saturated rings. The van der Waals surface area contributed by atoms with Gasteiger partial charge in [-0.05, 0) is 31.5 Å². The van der Waals surface area contributed by atoms with E-state index in [0.717, 1.165) is 23.5 Å². The van der Waals surface area contributed by atoms with E-state index in [1.54, 1.807) is 23.3 Å². The van der Waals surface area contributed by atoms with Gasteiger partial charge < -0.3 is 9.88 Å². The maximum Gasteiger partial charge on any atom is 0.320 e. The van der Waals surface area contributed by atoms with Crippen LogP contribution in [0.2, 0.25) is 0 Å². The lowest BCUT2D eigenvalue weighted by Crippen LogP contribution is -2.32. The van der Waals surface area contributed by atoms with Crippen LogP contribution < -0.4 is 10.6 Å². The number of urea groups is 1. The van der Waals surface area contributed by atoms with Gasteiger partial charge in [0, 0.05) is 25.1 Å². The minimum atomic E-state index is -0.332. The average Bonchev–Trinajstić information content (AvgIpc) is 3.23. The first-order valence-corrected chi connectivity index (χ1v) is 8.75. The Hall–Kier alpha value is -3.23. The lowest BCUT2D eigenvalue weighted by atomic mass is 10.2. The lowest BCUT2D eigenvalue weighted by Gasteiger charge is -2.11. The lowest BCUT2D eigenvalue weighted by molar-refractivity contribution is 0.252. The standard InChI is InChI=1S/C18H22FN7O/c1-3-25-12-21-24-16(25)7-8-20-18(27)23-17-13(2)10-22-26(17)11-14-5-4-6-15(19)9-14/h4-6,9-10,12H,3,7-8,11H2,1-2H3,(H2,20,23,27). The van der Waals surface area contributed by atoms with Crippen LogP contribution in [-0.2, 0) is 19.5 Å². The first-order chi connectivity index (χ1) is 13.1. The van der Waals surface area contributed by atoms with Crippen molar-refractivity contribution in [3.63, 3.8) is 0 Å². The van der Waals surface area contributed by atoms with Crippen LogP contribution in [0.15, 0.2) is 36.8 Å². The molecule has 0 saturated heterocycles. The van der Waals surface area contributed by atoms with Crippen molar-refractivity contribution in [2.24, 2.45) is 0 Å². The van der Waals surface area contributed by atoms with Gasteiger partial charge >= 0.3 is 6.03 Å². The highest BCUT2D eigenvalue weighted by molar-refractivity contribution is 5.89. The molecule has 27 heavy (non-hydrogen) atoms. The van der Waals surface area contributed by atoms with Crippen LogP contribution in [0.3, 0.4) is 0 Å². The van der Waals surface area contributed by atoms with Gasteiger partial charge in [-0.25, -0.2) is 13.9 Å². The van der Waals surface area contributed by atoms with E-state index >= 15 is 0 Å². The fraction of sp³-hybridized carbons (Fsp3) is 0.333. The van der Waals surface area contributed by atoms with Gasteiger partial charge in [0.2, 0.25) is 0 Å². The Bertz CT molecular complexity index is 918. The number of carbonyl (C=O) groups excluding carboxylic acids is 1. The normalized spacial score (nSPS) is 10.8. The van der Waals surface area contributed by atoms with Gasteiger partial charge in [0.25, 0.3) is 0 Å². The summed E-state index contributed by atoms with van der Waals surface area (Å²) >= 11 is 0. The second-order valence-corrected chi connectivity index (χ2v) is 6.13. The quantitative estimate of drug-likeness (QED) is 0.667. The predicted octanol–water partition coefficient (Wildman–Crippen LogP) is 2.35. The zero-order valence-electron chi connectivity index (χ0n) is 15.3. The highest BCUT2D eigenvalue weighted by atomic mass is 19.1. The number of anilines is 1. The number of hydrogen-bond acceptors (Lipinski definition) is 4. The Labute approximate surface area is 156 Å².